The first-order chi connectivity index (χ1) is 5.13. The zero-order valence-corrected chi connectivity index (χ0v) is 6.89. The van der Waals surface area contributed by atoms with E-state index in [2.05, 4.69) is 17.9 Å². The number of methoxy groups -OCH3 is 1. The van der Waals surface area contributed by atoms with Crippen molar-refractivity contribution in [1.29, 1.82) is 0 Å². The van der Waals surface area contributed by atoms with Gasteiger partial charge in [0.2, 0.25) is 0 Å². The van der Waals surface area contributed by atoms with Gasteiger partial charge in [-0.1, -0.05) is 25.3 Å². The molecule has 0 atom stereocenters. The smallest absolute Gasteiger partial charge is 0.337 e. The molecule has 0 N–H and O–H groups in total. The van der Waals surface area contributed by atoms with Crippen LogP contribution in [0.2, 0.25) is 0 Å². The Hall–Kier alpha value is -1.31. The van der Waals surface area contributed by atoms with Gasteiger partial charge >= 0.3 is 5.97 Å². The molecule has 0 bridgehead atoms. The number of ether oxygens (including phenoxy) is 1. The van der Waals surface area contributed by atoms with Crippen LogP contribution >= 0.6 is 0 Å². The van der Waals surface area contributed by atoms with Gasteiger partial charge in [-0.2, -0.15) is 0 Å². The molecule has 0 aromatic heterocycles. The summed E-state index contributed by atoms with van der Waals surface area (Å²) in [5.41, 5.74) is 1.14. The van der Waals surface area contributed by atoms with Gasteiger partial charge in [-0.25, -0.2) is 4.79 Å². The molecule has 0 saturated heterocycles. The molecule has 0 heterocycles. The summed E-state index contributed by atoms with van der Waals surface area (Å²) in [5, 5.41) is 0. The lowest BCUT2D eigenvalue weighted by atomic mass is 10.1. The van der Waals surface area contributed by atoms with Crippen molar-refractivity contribution >= 4 is 5.97 Å². The van der Waals surface area contributed by atoms with Gasteiger partial charge in [-0.15, -0.1) is 0 Å². The normalized spacial score (nSPS) is 10.5. The average molecular weight is 152 g/mol. The predicted molar refractivity (Wildman–Crippen MR) is 45.1 cm³/mol. The standard InChI is InChI=1S/C9H12O2/c1-5-6-7(2)8(3)9(10)11-4/h5-6H,1,3H2,2,4H3/b7-6-. The Morgan fingerprint density at radius 1 is 1.55 bits per heavy atom. The molecular weight excluding hydrogens is 140 g/mol. The molecule has 0 spiro atoms. The van der Waals surface area contributed by atoms with Crippen molar-refractivity contribution in [2.75, 3.05) is 7.11 Å². The maximum Gasteiger partial charge on any atom is 0.337 e. The van der Waals surface area contributed by atoms with Gasteiger partial charge in [-0.3, -0.25) is 0 Å². The van der Waals surface area contributed by atoms with Crippen molar-refractivity contribution in [2.24, 2.45) is 0 Å². The lowest BCUT2D eigenvalue weighted by Crippen LogP contribution is -2.04. The Balaban J connectivity index is 4.37. The SMILES string of the molecule is C=C/C=C(/C)C(=C)C(=O)OC. The molecule has 0 aliphatic heterocycles. The first-order valence-electron chi connectivity index (χ1n) is 3.20. The number of carbonyl (C=O) groups is 1. The molecular formula is C9H12O2. The Labute approximate surface area is 66.9 Å². The van der Waals surface area contributed by atoms with E-state index in [1.165, 1.54) is 7.11 Å². The van der Waals surface area contributed by atoms with Crippen molar-refractivity contribution in [3.05, 3.63) is 36.5 Å². The number of esters is 1. The highest BCUT2D eigenvalue weighted by Gasteiger charge is 2.06. The Morgan fingerprint density at radius 3 is 2.45 bits per heavy atom. The summed E-state index contributed by atoms with van der Waals surface area (Å²) in [6, 6.07) is 0. The van der Waals surface area contributed by atoms with Crippen LogP contribution in [0.3, 0.4) is 0 Å². The van der Waals surface area contributed by atoms with Crippen LogP contribution in [-0.4, -0.2) is 13.1 Å². The summed E-state index contributed by atoms with van der Waals surface area (Å²) < 4.78 is 4.47. The molecule has 2 heteroatoms. The molecule has 0 unspecified atom stereocenters. The van der Waals surface area contributed by atoms with E-state index in [9.17, 15) is 4.79 Å². The summed E-state index contributed by atoms with van der Waals surface area (Å²) in [6.45, 7) is 8.83. The lowest BCUT2D eigenvalue weighted by molar-refractivity contribution is -0.135. The number of carbonyl (C=O) groups excluding carboxylic acids is 1. The van der Waals surface area contributed by atoms with E-state index in [0.717, 1.165) is 5.57 Å². The minimum absolute atomic E-state index is 0.368. The first-order valence-corrected chi connectivity index (χ1v) is 3.20. The largest absolute Gasteiger partial charge is 0.465 e. The molecule has 60 valence electrons. The quantitative estimate of drug-likeness (QED) is 0.350. The van der Waals surface area contributed by atoms with Gasteiger partial charge in [-0.05, 0) is 12.5 Å². The Morgan fingerprint density at radius 2 is 2.09 bits per heavy atom. The number of hydrogen-bond acceptors (Lipinski definition) is 2. The second-order valence-electron chi connectivity index (χ2n) is 2.06. The summed E-state index contributed by atoms with van der Waals surface area (Å²) in [6.07, 6.45) is 3.31. The van der Waals surface area contributed by atoms with Gasteiger partial charge in [0.25, 0.3) is 0 Å². The van der Waals surface area contributed by atoms with Gasteiger partial charge in [0, 0.05) is 0 Å². The first kappa shape index (κ1) is 9.69. The van der Waals surface area contributed by atoms with Crippen LogP contribution in [0, 0.1) is 0 Å². The molecule has 11 heavy (non-hydrogen) atoms. The van der Waals surface area contributed by atoms with Gasteiger partial charge < -0.3 is 4.74 Å². The van der Waals surface area contributed by atoms with E-state index in [1.807, 2.05) is 0 Å². The zero-order valence-electron chi connectivity index (χ0n) is 6.89. The number of hydrogen-bond donors (Lipinski definition) is 0. The number of rotatable bonds is 3. The Kier molecular flexibility index (Phi) is 3.96. The maximum atomic E-state index is 10.8. The molecule has 0 saturated carbocycles. The fraction of sp³-hybridized carbons (Fsp3) is 0.222. The average Bonchev–Trinajstić information content (AvgIpc) is 2.02. The molecule has 0 aromatic carbocycles. The minimum atomic E-state index is -0.402. The van der Waals surface area contributed by atoms with Crippen LogP contribution in [0.15, 0.2) is 36.5 Å². The van der Waals surface area contributed by atoms with Crippen molar-refractivity contribution in [3.8, 4) is 0 Å². The second-order valence-corrected chi connectivity index (χ2v) is 2.06. The topological polar surface area (TPSA) is 26.3 Å². The molecule has 2 nitrogen and oxygen atoms in total. The molecule has 0 aliphatic carbocycles. The third-order valence-corrected chi connectivity index (χ3v) is 1.28. The third kappa shape index (κ3) is 2.85. The molecule has 0 amide bonds. The van der Waals surface area contributed by atoms with E-state index in [-0.39, 0.29) is 0 Å². The van der Waals surface area contributed by atoms with Crippen molar-refractivity contribution in [3.63, 3.8) is 0 Å². The van der Waals surface area contributed by atoms with Crippen LogP contribution in [0.25, 0.3) is 0 Å². The zero-order chi connectivity index (χ0) is 8.85. The van der Waals surface area contributed by atoms with Crippen LogP contribution in [0.5, 0.6) is 0 Å². The second kappa shape index (κ2) is 4.50. The van der Waals surface area contributed by atoms with Crippen molar-refractivity contribution < 1.29 is 9.53 Å². The lowest BCUT2D eigenvalue weighted by Gasteiger charge is -2.01. The highest BCUT2D eigenvalue weighted by molar-refractivity contribution is 5.92. The van der Waals surface area contributed by atoms with Gasteiger partial charge in [0.1, 0.15) is 0 Å². The summed E-state index contributed by atoms with van der Waals surface area (Å²) in [7, 11) is 1.33. The molecule has 0 fully saturated rings. The van der Waals surface area contributed by atoms with Crippen LogP contribution < -0.4 is 0 Å². The summed E-state index contributed by atoms with van der Waals surface area (Å²) >= 11 is 0. The molecule has 0 rings (SSSR count). The van der Waals surface area contributed by atoms with Gasteiger partial charge in [0.05, 0.1) is 12.7 Å². The third-order valence-electron chi connectivity index (χ3n) is 1.28. The molecule has 0 aromatic rings. The van der Waals surface area contributed by atoms with Crippen LogP contribution in [0.1, 0.15) is 6.92 Å². The summed E-state index contributed by atoms with van der Waals surface area (Å²) in [4.78, 5) is 10.8. The Bertz CT molecular complexity index is 212. The van der Waals surface area contributed by atoms with E-state index in [0.29, 0.717) is 5.57 Å². The fourth-order valence-electron chi connectivity index (χ4n) is 0.562. The van der Waals surface area contributed by atoms with Crippen LogP contribution in [0.4, 0.5) is 0 Å². The maximum absolute atomic E-state index is 10.8. The number of allylic oxidation sites excluding steroid dienone is 2. The van der Waals surface area contributed by atoms with E-state index in [4.69, 9.17) is 0 Å². The van der Waals surface area contributed by atoms with Crippen LogP contribution in [-0.2, 0) is 9.53 Å². The van der Waals surface area contributed by atoms with Crippen molar-refractivity contribution in [2.45, 2.75) is 6.92 Å². The van der Waals surface area contributed by atoms with E-state index >= 15 is 0 Å². The monoisotopic (exact) mass is 152 g/mol. The summed E-state index contributed by atoms with van der Waals surface area (Å²) in [5.74, 6) is -0.402. The minimum Gasteiger partial charge on any atom is -0.465 e. The predicted octanol–water partition coefficient (Wildman–Crippen LogP) is 1.85. The highest BCUT2D eigenvalue weighted by atomic mass is 16.5. The highest BCUT2D eigenvalue weighted by Crippen LogP contribution is 2.07. The fourth-order valence-corrected chi connectivity index (χ4v) is 0.562. The van der Waals surface area contributed by atoms with Gasteiger partial charge in [0.15, 0.2) is 0 Å². The van der Waals surface area contributed by atoms with E-state index in [1.54, 1.807) is 19.1 Å². The molecule has 0 radical (unpaired) electrons. The van der Waals surface area contributed by atoms with Crippen molar-refractivity contribution in [1.82, 2.24) is 0 Å². The van der Waals surface area contributed by atoms with E-state index < -0.39 is 5.97 Å². The molecule has 0 aliphatic rings.